The van der Waals surface area contributed by atoms with Crippen LogP contribution in [0.25, 0.3) is 0 Å². The Bertz CT molecular complexity index is 553. The Morgan fingerprint density at radius 2 is 1.95 bits per heavy atom. The molecule has 1 aromatic carbocycles. The van der Waals surface area contributed by atoms with Crippen molar-refractivity contribution in [3.8, 4) is 11.5 Å². The summed E-state index contributed by atoms with van der Waals surface area (Å²) in [4.78, 5) is 0.940. The van der Waals surface area contributed by atoms with Crippen molar-refractivity contribution in [3.63, 3.8) is 0 Å². The van der Waals surface area contributed by atoms with E-state index in [-0.39, 0.29) is 0 Å². The first-order chi connectivity index (χ1) is 9.15. The summed E-state index contributed by atoms with van der Waals surface area (Å²) >= 11 is 4.98. The second-order valence-corrected chi connectivity index (χ2v) is 5.84. The monoisotopic (exact) mass is 342 g/mol. The van der Waals surface area contributed by atoms with Gasteiger partial charge in [-0.1, -0.05) is 6.07 Å². The molecule has 0 radical (unpaired) electrons. The van der Waals surface area contributed by atoms with Crippen LogP contribution in [0.4, 0.5) is 0 Å². The van der Waals surface area contributed by atoms with E-state index in [0.29, 0.717) is 17.9 Å². The number of aliphatic hydroxyl groups excluding tert-OH is 1. The van der Waals surface area contributed by atoms with Crippen LogP contribution in [0.15, 0.2) is 34.1 Å². The Kier molecular flexibility index (Phi) is 4.85. The summed E-state index contributed by atoms with van der Waals surface area (Å²) < 4.78 is 11.4. The number of benzene rings is 1. The normalized spacial score (nSPS) is 12.2. The number of aliphatic hydroxyl groups is 1. The zero-order valence-corrected chi connectivity index (χ0v) is 13.1. The van der Waals surface area contributed by atoms with E-state index in [1.807, 2.05) is 29.6 Å². The van der Waals surface area contributed by atoms with Gasteiger partial charge in [-0.05, 0) is 45.1 Å². The Morgan fingerprint density at radius 3 is 2.53 bits per heavy atom. The van der Waals surface area contributed by atoms with E-state index in [4.69, 9.17) is 9.47 Å². The molecule has 2 aromatic rings. The number of thiophene rings is 1. The predicted octanol–water partition coefficient (Wildman–Crippen LogP) is 3.80. The van der Waals surface area contributed by atoms with Crippen molar-refractivity contribution >= 4 is 27.3 Å². The largest absolute Gasteiger partial charge is 0.493 e. The maximum atomic E-state index is 10.2. The van der Waals surface area contributed by atoms with Crippen LogP contribution in [0.3, 0.4) is 0 Å². The molecule has 3 nitrogen and oxygen atoms in total. The Labute approximate surface area is 124 Å². The average Bonchev–Trinajstić information content (AvgIpc) is 2.85. The van der Waals surface area contributed by atoms with Crippen molar-refractivity contribution in [1.82, 2.24) is 0 Å². The molecule has 0 saturated heterocycles. The summed E-state index contributed by atoms with van der Waals surface area (Å²) in [6.07, 6.45) is 0.0203. The lowest BCUT2D eigenvalue weighted by atomic mass is 10.1. The molecule has 102 valence electrons. The third-order valence-corrected chi connectivity index (χ3v) is 4.80. The molecule has 1 heterocycles. The van der Waals surface area contributed by atoms with E-state index < -0.39 is 6.10 Å². The fraction of sp³-hybridized carbons (Fsp3) is 0.286. The van der Waals surface area contributed by atoms with Crippen molar-refractivity contribution in [2.45, 2.75) is 12.5 Å². The van der Waals surface area contributed by atoms with Gasteiger partial charge >= 0.3 is 0 Å². The van der Waals surface area contributed by atoms with Gasteiger partial charge in [0.25, 0.3) is 0 Å². The first kappa shape index (κ1) is 14.4. The molecular weight excluding hydrogens is 328 g/mol. The molecule has 0 spiro atoms. The van der Waals surface area contributed by atoms with Gasteiger partial charge in [0.2, 0.25) is 0 Å². The van der Waals surface area contributed by atoms with Crippen LogP contribution in [0, 0.1) is 0 Å². The molecule has 0 aliphatic rings. The van der Waals surface area contributed by atoms with Gasteiger partial charge in [-0.3, -0.25) is 0 Å². The molecular formula is C14H15BrO3S. The van der Waals surface area contributed by atoms with Crippen LogP contribution < -0.4 is 9.47 Å². The summed E-state index contributed by atoms with van der Waals surface area (Å²) in [7, 11) is 3.21. The van der Waals surface area contributed by atoms with Gasteiger partial charge in [0.15, 0.2) is 11.5 Å². The summed E-state index contributed by atoms with van der Waals surface area (Å²) in [5, 5.41) is 12.2. The van der Waals surface area contributed by atoms with Crippen LogP contribution in [-0.2, 0) is 6.42 Å². The summed E-state index contributed by atoms with van der Waals surface area (Å²) in [5.41, 5.74) is 1.01. The number of rotatable bonds is 5. The van der Waals surface area contributed by atoms with Crippen molar-refractivity contribution in [3.05, 3.63) is 44.6 Å². The zero-order valence-electron chi connectivity index (χ0n) is 10.7. The minimum atomic E-state index is -0.521. The van der Waals surface area contributed by atoms with Crippen molar-refractivity contribution < 1.29 is 14.6 Å². The number of hydrogen-bond acceptors (Lipinski definition) is 4. The molecule has 2 rings (SSSR count). The standard InChI is InChI=1S/C14H15BrO3S/c1-17-12-4-3-9(8-13(12)18-2)7-11(16)14-10(15)5-6-19-14/h3-6,8,11,16H,7H2,1-2H3. The van der Waals surface area contributed by atoms with Crippen LogP contribution in [0.5, 0.6) is 11.5 Å². The topological polar surface area (TPSA) is 38.7 Å². The van der Waals surface area contributed by atoms with Crippen LogP contribution in [-0.4, -0.2) is 19.3 Å². The summed E-state index contributed by atoms with van der Waals surface area (Å²) in [5.74, 6) is 1.37. The van der Waals surface area contributed by atoms with Gasteiger partial charge in [0, 0.05) is 15.8 Å². The Hall–Kier alpha value is -1.04. The lowest BCUT2D eigenvalue weighted by Crippen LogP contribution is -2.01. The molecule has 0 aliphatic carbocycles. The van der Waals surface area contributed by atoms with E-state index in [0.717, 1.165) is 14.9 Å². The SMILES string of the molecule is COc1ccc(CC(O)c2sccc2Br)cc1OC. The molecule has 0 saturated carbocycles. The highest BCUT2D eigenvalue weighted by molar-refractivity contribution is 9.10. The molecule has 5 heteroatoms. The molecule has 0 fully saturated rings. The molecule has 0 amide bonds. The van der Waals surface area contributed by atoms with E-state index in [9.17, 15) is 5.11 Å². The number of methoxy groups -OCH3 is 2. The summed E-state index contributed by atoms with van der Waals surface area (Å²) in [6, 6.07) is 7.62. The first-order valence-corrected chi connectivity index (χ1v) is 7.44. The molecule has 1 unspecified atom stereocenters. The van der Waals surface area contributed by atoms with Gasteiger partial charge in [-0.25, -0.2) is 0 Å². The number of hydrogen-bond donors (Lipinski definition) is 1. The third kappa shape index (κ3) is 3.29. The van der Waals surface area contributed by atoms with E-state index in [1.165, 1.54) is 0 Å². The fourth-order valence-corrected chi connectivity index (χ4v) is 3.49. The molecule has 0 bridgehead atoms. The highest BCUT2D eigenvalue weighted by Gasteiger charge is 2.14. The highest BCUT2D eigenvalue weighted by atomic mass is 79.9. The van der Waals surface area contributed by atoms with E-state index in [2.05, 4.69) is 15.9 Å². The van der Waals surface area contributed by atoms with Gasteiger partial charge in [-0.15, -0.1) is 11.3 Å². The minimum absolute atomic E-state index is 0.521. The van der Waals surface area contributed by atoms with Crippen molar-refractivity contribution in [2.75, 3.05) is 14.2 Å². The Morgan fingerprint density at radius 1 is 1.21 bits per heavy atom. The third-order valence-electron chi connectivity index (χ3n) is 2.82. The van der Waals surface area contributed by atoms with Crippen molar-refractivity contribution in [2.24, 2.45) is 0 Å². The van der Waals surface area contributed by atoms with Crippen LogP contribution in [0.2, 0.25) is 0 Å². The van der Waals surface area contributed by atoms with Gasteiger partial charge in [0.05, 0.1) is 20.3 Å². The second kappa shape index (κ2) is 6.41. The maximum absolute atomic E-state index is 10.2. The lowest BCUT2D eigenvalue weighted by Gasteiger charge is -2.12. The van der Waals surface area contributed by atoms with Gasteiger partial charge in [0.1, 0.15) is 0 Å². The first-order valence-electron chi connectivity index (χ1n) is 5.77. The Balaban J connectivity index is 2.17. The maximum Gasteiger partial charge on any atom is 0.160 e. The van der Waals surface area contributed by atoms with Gasteiger partial charge < -0.3 is 14.6 Å². The minimum Gasteiger partial charge on any atom is -0.493 e. The van der Waals surface area contributed by atoms with Crippen LogP contribution >= 0.6 is 27.3 Å². The number of halogens is 1. The van der Waals surface area contributed by atoms with E-state index in [1.54, 1.807) is 25.6 Å². The highest BCUT2D eigenvalue weighted by Crippen LogP contribution is 2.33. The second-order valence-electron chi connectivity index (χ2n) is 4.04. The molecule has 1 aromatic heterocycles. The van der Waals surface area contributed by atoms with Crippen molar-refractivity contribution in [1.29, 1.82) is 0 Å². The molecule has 1 atom stereocenters. The smallest absolute Gasteiger partial charge is 0.160 e. The predicted molar refractivity (Wildman–Crippen MR) is 80.2 cm³/mol. The molecule has 1 N–H and O–H groups in total. The quantitative estimate of drug-likeness (QED) is 0.897. The average molecular weight is 343 g/mol. The molecule has 19 heavy (non-hydrogen) atoms. The van der Waals surface area contributed by atoms with Gasteiger partial charge in [-0.2, -0.15) is 0 Å². The molecule has 0 aliphatic heterocycles. The van der Waals surface area contributed by atoms with Crippen LogP contribution in [0.1, 0.15) is 16.5 Å². The fourth-order valence-electron chi connectivity index (χ4n) is 1.87. The zero-order chi connectivity index (χ0) is 13.8. The summed E-state index contributed by atoms with van der Waals surface area (Å²) in [6.45, 7) is 0. The number of ether oxygens (including phenoxy) is 2. The van der Waals surface area contributed by atoms with E-state index >= 15 is 0 Å². The lowest BCUT2D eigenvalue weighted by molar-refractivity contribution is 0.181.